The molecule has 0 radical (unpaired) electrons. The van der Waals surface area contributed by atoms with Crippen LogP contribution in [0.2, 0.25) is 0 Å². The number of hydrogen-bond acceptors (Lipinski definition) is 5. The monoisotopic (exact) mass is 296 g/mol. The maximum Gasteiger partial charge on any atom is 0.243 e. The van der Waals surface area contributed by atoms with Gasteiger partial charge >= 0.3 is 0 Å². The zero-order chi connectivity index (χ0) is 15.3. The smallest absolute Gasteiger partial charge is 0.243 e. The summed E-state index contributed by atoms with van der Waals surface area (Å²) in [5.74, 6) is 5.35. The van der Waals surface area contributed by atoms with Crippen LogP contribution in [0.5, 0.6) is 0 Å². The van der Waals surface area contributed by atoms with E-state index in [0.29, 0.717) is 23.4 Å². The molecule has 0 saturated heterocycles. The third-order valence-electron chi connectivity index (χ3n) is 3.05. The highest BCUT2D eigenvalue weighted by Gasteiger charge is 2.26. The number of nitrogens with two attached hydrogens (primary N) is 1. The first kappa shape index (κ1) is 16.4. The normalized spacial score (nSPS) is 11.4. The number of nitrogens with one attached hydrogen (secondary N) is 1. The molecule has 0 aromatic heterocycles. The number of nitrogen functional groups attached to an aromatic ring is 1. The number of hydrazine groups is 1. The highest BCUT2D eigenvalue weighted by molar-refractivity contribution is 7.89. The van der Waals surface area contributed by atoms with Crippen LogP contribution in [0.25, 0.3) is 0 Å². The van der Waals surface area contributed by atoms with Gasteiger partial charge in [0.1, 0.15) is 0 Å². The van der Waals surface area contributed by atoms with Crippen LogP contribution in [0.1, 0.15) is 24.5 Å². The van der Waals surface area contributed by atoms with E-state index < -0.39 is 10.0 Å². The van der Waals surface area contributed by atoms with Crippen LogP contribution < -0.4 is 11.3 Å². The number of sulfonamides is 1. The second kappa shape index (κ2) is 6.70. The topological polar surface area (TPSA) is 99.2 Å². The van der Waals surface area contributed by atoms with Crippen LogP contribution in [0.15, 0.2) is 17.0 Å². The van der Waals surface area contributed by atoms with Crippen molar-refractivity contribution in [3.8, 4) is 6.07 Å². The molecule has 0 bridgehead atoms. The first-order chi connectivity index (χ1) is 9.38. The van der Waals surface area contributed by atoms with Gasteiger partial charge in [-0.15, -0.1) is 0 Å². The molecule has 1 aromatic rings. The van der Waals surface area contributed by atoms with Gasteiger partial charge in [-0.2, -0.15) is 9.57 Å². The largest absolute Gasteiger partial charge is 0.324 e. The summed E-state index contributed by atoms with van der Waals surface area (Å²) in [6, 6.07) is 5.36. The Morgan fingerprint density at radius 2 is 1.90 bits per heavy atom. The molecule has 0 saturated carbocycles. The maximum atomic E-state index is 12.7. The summed E-state index contributed by atoms with van der Waals surface area (Å²) < 4.78 is 26.7. The van der Waals surface area contributed by atoms with Gasteiger partial charge in [0.25, 0.3) is 0 Å². The van der Waals surface area contributed by atoms with Crippen LogP contribution in [0, 0.1) is 25.2 Å². The molecule has 7 heteroatoms. The number of anilines is 1. The molecule has 0 amide bonds. The summed E-state index contributed by atoms with van der Waals surface area (Å²) in [6.45, 7) is 5.76. The molecule has 0 spiro atoms. The number of benzene rings is 1. The summed E-state index contributed by atoms with van der Waals surface area (Å²) >= 11 is 0. The average molecular weight is 296 g/mol. The van der Waals surface area contributed by atoms with Crippen molar-refractivity contribution in [1.29, 1.82) is 5.26 Å². The molecule has 0 heterocycles. The van der Waals surface area contributed by atoms with E-state index in [1.165, 1.54) is 4.31 Å². The Morgan fingerprint density at radius 3 is 2.30 bits per heavy atom. The average Bonchev–Trinajstić information content (AvgIpc) is 2.37. The second-order valence-electron chi connectivity index (χ2n) is 4.49. The summed E-state index contributed by atoms with van der Waals surface area (Å²) in [7, 11) is -3.60. The van der Waals surface area contributed by atoms with E-state index in [9.17, 15) is 8.42 Å². The maximum absolute atomic E-state index is 12.7. The van der Waals surface area contributed by atoms with Crippen molar-refractivity contribution in [1.82, 2.24) is 4.31 Å². The molecule has 0 aliphatic rings. The molecule has 0 unspecified atom stereocenters. The first-order valence-corrected chi connectivity index (χ1v) is 7.77. The van der Waals surface area contributed by atoms with Gasteiger partial charge in [0.05, 0.1) is 11.0 Å². The third kappa shape index (κ3) is 3.28. The molecule has 1 rings (SSSR count). The Balaban J connectivity index is 3.31. The van der Waals surface area contributed by atoms with Crippen molar-refractivity contribution in [2.75, 3.05) is 18.5 Å². The molecule has 6 nitrogen and oxygen atoms in total. The van der Waals surface area contributed by atoms with E-state index in [-0.39, 0.29) is 17.9 Å². The zero-order valence-electron chi connectivity index (χ0n) is 12.0. The van der Waals surface area contributed by atoms with Gasteiger partial charge in [-0.25, -0.2) is 8.42 Å². The van der Waals surface area contributed by atoms with E-state index in [0.717, 1.165) is 0 Å². The quantitative estimate of drug-likeness (QED) is 0.612. The molecule has 20 heavy (non-hydrogen) atoms. The Kier molecular flexibility index (Phi) is 5.51. The Morgan fingerprint density at radius 1 is 1.35 bits per heavy atom. The minimum Gasteiger partial charge on any atom is -0.324 e. The Bertz CT molecular complexity index is 597. The second-order valence-corrected chi connectivity index (χ2v) is 6.36. The number of aryl methyl sites for hydroxylation is 2. The molecule has 110 valence electrons. The lowest BCUT2D eigenvalue weighted by atomic mass is 10.1. The third-order valence-corrected chi connectivity index (χ3v) is 5.33. The van der Waals surface area contributed by atoms with Crippen LogP contribution in [0.3, 0.4) is 0 Å². The van der Waals surface area contributed by atoms with Crippen molar-refractivity contribution in [3.63, 3.8) is 0 Å². The van der Waals surface area contributed by atoms with Crippen LogP contribution >= 0.6 is 0 Å². The van der Waals surface area contributed by atoms with Crippen LogP contribution in [0.4, 0.5) is 5.69 Å². The molecule has 1 aromatic carbocycles. The first-order valence-electron chi connectivity index (χ1n) is 6.33. The van der Waals surface area contributed by atoms with Crippen LogP contribution in [-0.2, 0) is 10.0 Å². The van der Waals surface area contributed by atoms with Gasteiger partial charge in [-0.05, 0) is 37.1 Å². The predicted molar refractivity (Wildman–Crippen MR) is 78.4 cm³/mol. The number of nitriles is 1. The SMILES string of the molecule is CCN(CCC#N)S(=O)(=O)c1c(C)cc(NN)cc1C. The summed E-state index contributed by atoms with van der Waals surface area (Å²) in [6.07, 6.45) is 0.174. The molecule has 0 aliphatic carbocycles. The van der Waals surface area contributed by atoms with E-state index in [2.05, 4.69) is 5.43 Å². The summed E-state index contributed by atoms with van der Waals surface area (Å²) in [4.78, 5) is 0.288. The predicted octanol–water partition coefficient (Wildman–Crippen LogP) is 1.51. The fraction of sp³-hybridized carbons (Fsp3) is 0.462. The zero-order valence-corrected chi connectivity index (χ0v) is 12.8. The van der Waals surface area contributed by atoms with E-state index >= 15 is 0 Å². The standard InChI is InChI=1S/C13H20N4O2S/c1-4-17(7-5-6-14)20(18,19)13-10(2)8-12(16-15)9-11(13)3/h8-9,16H,4-5,7,15H2,1-3H3. The van der Waals surface area contributed by atoms with Crippen LogP contribution in [-0.4, -0.2) is 25.8 Å². The van der Waals surface area contributed by atoms with E-state index in [1.807, 2.05) is 6.07 Å². The van der Waals surface area contributed by atoms with Gasteiger partial charge in [0.2, 0.25) is 10.0 Å². The minimum absolute atomic E-state index is 0.174. The van der Waals surface area contributed by atoms with Crippen molar-refractivity contribution < 1.29 is 8.42 Å². The minimum atomic E-state index is -3.60. The number of nitrogens with zero attached hydrogens (tertiary/aromatic N) is 2. The highest BCUT2D eigenvalue weighted by atomic mass is 32.2. The lowest BCUT2D eigenvalue weighted by Gasteiger charge is -2.22. The van der Waals surface area contributed by atoms with Gasteiger partial charge in [0, 0.05) is 25.2 Å². The van der Waals surface area contributed by atoms with Crippen molar-refractivity contribution in [2.45, 2.75) is 32.1 Å². The molecular formula is C13H20N4O2S. The van der Waals surface area contributed by atoms with Gasteiger partial charge in [0.15, 0.2) is 0 Å². The number of hydrogen-bond donors (Lipinski definition) is 2. The van der Waals surface area contributed by atoms with Crippen molar-refractivity contribution >= 4 is 15.7 Å². The van der Waals surface area contributed by atoms with Crippen molar-refractivity contribution in [2.24, 2.45) is 5.84 Å². The molecular weight excluding hydrogens is 276 g/mol. The lowest BCUT2D eigenvalue weighted by Crippen LogP contribution is -2.32. The van der Waals surface area contributed by atoms with Gasteiger partial charge in [-0.3, -0.25) is 5.84 Å². The van der Waals surface area contributed by atoms with E-state index in [1.54, 1.807) is 32.9 Å². The van der Waals surface area contributed by atoms with Gasteiger partial charge < -0.3 is 5.43 Å². The molecule has 0 aliphatic heterocycles. The molecule has 0 atom stereocenters. The molecule has 0 fully saturated rings. The fourth-order valence-corrected chi connectivity index (χ4v) is 4.05. The number of rotatable bonds is 6. The molecule has 3 N–H and O–H groups in total. The van der Waals surface area contributed by atoms with Crippen molar-refractivity contribution in [3.05, 3.63) is 23.3 Å². The van der Waals surface area contributed by atoms with Gasteiger partial charge in [-0.1, -0.05) is 6.92 Å². The fourth-order valence-electron chi connectivity index (χ4n) is 2.19. The Labute approximate surface area is 120 Å². The van der Waals surface area contributed by atoms with E-state index in [4.69, 9.17) is 11.1 Å². The summed E-state index contributed by atoms with van der Waals surface area (Å²) in [5.41, 5.74) is 4.44. The summed E-state index contributed by atoms with van der Waals surface area (Å²) in [5, 5.41) is 8.63. The highest BCUT2D eigenvalue weighted by Crippen LogP contribution is 2.27. The Hall–Kier alpha value is -1.62. The lowest BCUT2D eigenvalue weighted by molar-refractivity contribution is 0.434.